The zero-order chi connectivity index (χ0) is 9.68. The van der Waals surface area contributed by atoms with E-state index in [1.807, 2.05) is 6.92 Å². The summed E-state index contributed by atoms with van der Waals surface area (Å²) in [6.45, 7) is 2.55. The highest BCUT2D eigenvalue weighted by Gasteiger charge is 2.13. The molecule has 0 aliphatic heterocycles. The Bertz CT molecular complexity index is 308. The van der Waals surface area contributed by atoms with E-state index in [2.05, 4.69) is 9.97 Å². The molecule has 4 nitrogen and oxygen atoms in total. The second-order valence-electron chi connectivity index (χ2n) is 2.86. The fourth-order valence-electron chi connectivity index (χ4n) is 1.25. The van der Waals surface area contributed by atoms with Gasteiger partial charge in [-0.25, -0.2) is 0 Å². The highest BCUT2D eigenvalue weighted by molar-refractivity contribution is 5.03. The number of hydrogen-bond acceptors (Lipinski definition) is 3. The molecule has 4 heteroatoms. The number of nitrogens with zero attached hydrogens (tertiary/aromatic N) is 1. The summed E-state index contributed by atoms with van der Waals surface area (Å²) in [6.07, 6.45) is 3.98. The highest BCUT2D eigenvalue weighted by atomic mass is 16.5. The minimum Gasteiger partial charge on any atom is -0.384 e. The Balaban J connectivity index is 2.91. The SMILES string of the molecule is CCC(COC)c1ncc[nH]c1=O. The Morgan fingerprint density at radius 1 is 1.69 bits per heavy atom. The molecule has 0 amide bonds. The molecule has 13 heavy (non-hydrogen) atoms. The molecule has 0 saturated carbocycles. The third-order valence-electron chi connectivity index (χ3n) is 1.98. The summed E-state index contributed by atoms with van der Waals surface area (Å²) < 4.78 is 5.01. The molecule has 0 saturated heterocycles. The van der Waals surface area contributed by atoms with Crippen molar-refractivity contribution in [3.05, 3.63) is 28.4 Å². The van der Waals surface area contributed by atoms with Gasteiger partial charge in [0.05, 0.1) is 6.61 Å². The number of H-pyrrole nitrogens is 1. The Morgan fingerprint density at radius 2 is 2.46 bits per heavy atom. The van der Waals surface area contributed by atoms with Crippen molar-refractivity contribution in [2.75, 3.05) is 13.7 Å². The highest BCUT2D eigenvalue weighted by Crippen LogP contribution is 2.12. The Labute approximate surface area is 77.0 Å². The van der Waals surface area contributed by atoms with E-state index in [1.165, 1.54) is 6.20 Å². The molecule has 0 aliphatic rings. The van der Waals surface area contributed by atoms with E-state index >= 15 is 0 Å². The lowest BCUT2D eigenvalue weighted by Gasteiger charge is -2.10. The number of nitrogens with one attached hydrogen (secondary N) is 1. The molecular formula is C9H14N2O2. The van der Waals surface area contributed by atoms with Crippen LogP contribution in [0.5, 0.6) is 0 Å². The normalized spacial score (nSPS) is 12.8. The maximum atomic E-state index is 11.3. The first-order valence-electron chi connectivity index (χ1n) is 4.32. The molecule has 1 unspecified atom stereocenters. The summed E-state index contributed by atoms with van der Waals surface area (Å²) in [7, 11) is 1.62. The molecule has 1 heterocycles. The predicted octanol–water partition coefficient (Wildman–Crippen LogP) is 0.910. The van der Waals surface area contributed by atoms with Gasteiger partial charge in [0.2, 0.25) is 0 Å². The Morgan fingerprint density at radius 3 is 3.00 bits per heavy atom. The van der Waals surface area contributed by atoms with Gasteiger partial charge < -0.3 is 9.72 Å². The van der Waals surface area contributed by atoms with E-state index in [0.29, 0.717) is 12.3 Å². The molecule has 1 aromatic rings. The van der Waals surface area contributed by atoms with E-state index in [-0.39, 0.29) is 11.5 Å². The molecule has 0 bridgehead atoms. The standard InChI is InChI=1S/C9H14N2O2/c1-3-7(6-13-2)8-9(12)11-5-4-10-8/h4-5,7H,3,6H2,1-2H3,(H,11,12). The van der Waals surface area contributed by atoms with Crippen molar-refractivity contribution in [2.45, 2.75) is 19.3 Å². The van der Waals surface area contributed by atoms with E-state index in [1.54, 1.807) is 13.3 Å². The van der Waals surface area contributed by atoms with Gasteiger partial charge in [0, 0.05) is 25.4 Å². The molecule has 1 rings (SSSR count). The van der Waals surface area contributed by atoms with Crippen LogP contribution in [0.4, 0.5) is 0 Å². The lowest BCUT2D eigenvalue weighted by Crippen LogP contribution is -2.20. The topological polar surface area (TPSA) is 55.0 Å². The molecule has 0 aromatic carbocycles. The molecule has 0 spiro atoms. The van der Waals surface area contributed by atoms with Crippen molar-refractivity contribution in [3.63, 3.8) is 0 Å². The average Bonchev–Trinajstić information content (AvgIpc) is 2.16. The lowest BCUT2D eigenvalue weighted by molar-refractivity contribution is 0.175. The first-order valence-corrected chi connectivity index (χ1v) is 4.32. The van der Waals surface area contributed by atoms with Crippen LogP contribution in [0.2, 0.25) is 0 Å². The fourth-order valence-corrected chi connectivity index (χ4v) is 1.25. The van der Waals surface area contributed by atoms with Gasteiger partial charge in [-0.15, -0.1) is 0 Å². The number of hydrogen-bond donors (Lipinski definition) is 1. The lowest BCUT2D eigenvalue weighted by atomic mass is 10.0. The van der Waals surface area contributed by atoms with E-state index in [9.17, 15) is 4.79 Å². The summed E-state index contributed by atoms with van der Waals surface area (Å²) in [5.41, 5.74) is 0.443. The quantitative estimate of drug-likeness (QED) is 0.753. The summed E-state index contributed by atoms with van der Waals surface area (Å²) in [4.78, 5) is 18.0. The van der Waals surface area contributed by atoms with Crippen LogP contribution in [-0.4, -0.2) is 23.7 Å². The maximum Gasteiger partial charge on any atom is 0.270 e. The monoisotopic (exact) mass is 182 g/mol. The molecule has 1 atom stereocenters. The molecular weight excluding hydrogens is 168 g/mol. The Kier molecular flexibility index (Phi) is 3.64. The van der Waals surface area contributed by atoms with E-state index in [0.717, 1.165) is 6.42 Å². The molecule has 72 valence electrons. The van der Waals surface area contributed by atoms with Crippen molar-refractivity contribution >= 4 is 0 Å². The Hall–Kier alpha value is -1.16. The van der Waals surface area contributed by atoms with Crippen LogP contribution in [0.3, 0.4) is 0 Å². The average molecular weight is 182 g/mol. The number of aromatic nitrogens is 2. The van der Waals surface area contributed by atoms with Gasteiger partial charge in [-0.1, -0.05) is 6.92 Å². The zero-order valence-electron chi connectivity index (χ0n) is 7.91. The van der Waals surface area contributed by atoms with Crippen molar-refractivity contribution in [1.82, 2.24) is 9.97 Å². The minimum atomic E-state index is -0.119. The second kappa shape index (κ2) is 4.77. The smallest absolute Gasteiger partial charge is 0.270 e. The van der Waals surface area contributed by atoms with E-state index in [4.69, 9.17) is 4.74 Å². The summed E-state index contributed by atoms with van der Waals surface area (Å²) in [6, 6.07) is 0. The van der Waals surface area contributed by atoms with Gasteiger partial charge >= 0.3 is 0 Å². The van der Waals surface area contributed by atoms with Crippen LogP contribution < -0.4 is 5.56 Å². The van der Waals surface area contributed by atoms with Crippen molar-refractivity contribution in [2.24, 2.45) is 0 Å². The third kappa shape index (κ3) is 2.39. The van der Waals surface area contributed by atoms with Crippen LogP contribution >= 0.6 is 0 Å². The molecule has 1 N–H and O–H groups in total. The third-order valence-corrected chi connectivity index (χ3v) is 1.98. The largest absolute Gasteiger partial charge is 0.384 e. The van der Waals surface area contributed by atoms with Gasteiger partial charge in [0.25, 0.3) is 5.56 Å². The fraction of sp³-hybridized carbons (Fsp3) is 0.556. The predicted molar refractivity (Wildman–Crippen MR) is 49.8 cm³/mol. The molecule has 1 aromatic heterocycles. The van der Waals surface area contributed by atoms with Gasteiger partial charge in [0.1, 0.15) is 5.69 Å². The van der Waals surface area contributed by atoms with Gasteiger partial charge in [-0.2, -0.15) is 0 Å². The number of methoxy groups -OCH3 is 1. The minimum absolute atomic E-state index is 0.0925. The molecule has 0 fully saturated rings. The molecule has 0 aliphatic carbocycles. The van der Waals surface area contributed by atoms with Crippen LogP contribution in [0.25, 0.3) is 0 Å². The maximum absolute atomic E-state index is 11.3. The van der Waals surface area contributed by atoms with Crippen molar-refractivity contribution < 1.29 is 4.74 Å². The van der Waals surface area contributed by atoms with Crippen molar-refractivity contribution in [1.29, 1.82) is 0 Å². The van der Waals surface area contributed by atoms with Crippen LogP contribution in [0.1, 0.15) is 25.0 Å². The summed E-state index contributed by atoms with van der Waals surface area (Å²) >= 11 is 0. The van der Waals surface area contributed by atoms with E-state index < -0.39 is 0 Å². The first kappa shape index (κ1) is 9.92. The number of ether oxygens (including phenoxy) is 1. The van der Waals surface area contributed by atoms with Crippen molar-refractivity contribution in [3.8, 4) is 0 Å². The van der Waals surface area contributed by atoms with Crippen LogP contribution in [-0.2, 0) is 4.74 Å². The van der Waals surface area contributed by atoms with Crippen LogP contribution in [0, 0.1) is 0 Å². The number of aromatic amines is 1. The summed E-state index contributed by atoms with van der Waals surface area (Å²) in [5, 5.41) is 0. The van der Waals surface area contributed by atoms with Crippen LogP contribution in [0.15, 0.2) is 17.2 Å². The van der Waals surface area contributed by atoms with Gasteiger partial charge in [-0.05, 0) is 6.42 Å². The zero-order valence-corrected chi connectivity index (χ0v) is 7.91. The number of rotatable bonds is 4. The first-order chi connectivity index (χ1) is 6.29. The second-order valence-corrected chi connectivity index (χ2v) is 2.86. The van der Waals surface area contributed by atoms with Gasteiger partial charge in [-0.3, -0.25) is 9.78 Å². The molecule has 0 radical (unpaired) electrons. The van der Waals surface area contributed by atoms with Gasteiger partial charge in [0.15, 0.2) is 0 Å². The summed E-state index contributed by atoms with van der Waals surface area (Å²) in [5.74, 6) is 0.0925.